The second-order valence-electron chi connectivity index (χ2n) is 6.20. The number of aryl methyl sites for hydroxylation is 1. The van der Waals surface area contributed by atoms with E-state index in [4.69, 9.17) is 0 Å². The van der Waals surface area contributed by atoms with Gasteiger partial charge in [0, 0.05) is 0 Å². The van der Waals surface area contributed by atoms with Gasteiger partial charge in [0.15, 0.2) is 0 Å². The molecular weight excluding hydrogens is 264 g/mol. The predicted molar refractivity (Wildman–Crippen MR) is 93.1 cm³/mol. The van der Waals surface area contributed by atoms with E-state index < -0.39 is 0 Å². The molecule has 0 nitrogen and oxygen atoms in total. The minimum absolute atomic E-state index is 0.677. The van der Waals surface area contributed by atoms with Crippen LogP contribution in [-0.2, 0) is 12.8 Å². The van der Waals surface area contributed by atoms with Gasteiger partial charge in [-0.05, 0) is 53.0 Å². The van der Waals surface area contributed by atoms with Crippen LogP contribution in [0.15, 0.2) is 78.9 Å². The number of benzene rings is 3. The molecule has 0 heterocycles. The zero-order chi connectivity index (χ0) is 14.8. The molecule has 0 heteroatoms. The fraction of sp³-hybridized carbons (Fsp3) is 0.182. The summed E-state index contributed by atoms with van der Waals surface area (Å²) in [6.07, 6.45) is 3.62. The summed E-state index contributed by atoms with van der Waals surface area (Å²) in [6.45, 7) is 0. The average molecular weight is 284 g/mol. The molecule has 0 bridgehead atoms. The third kappa shape index (κ3) is 2.57. The van der Waals surface area contributed by atoms with Crippen molar-refractivity contribution in [1.29, 1.82) is 0 Å². The summed E-state index contributed by atoms with van der Waals surface area (Å²) in [6, 6.07) is 28.7. The van der Waals surface area contributed by atoms with Gasteiger partial charge >= 0.3 is 0 Å². The number of hydrogen-bond acceptors (Lipinski definition) is 0. The lowest BCUT2D eigenvalue weighted by atomic mass is 9.79. The van der Waals surface area contributed by atoms with E-state index in [9.17, 15) is 0 Å². The fourth-order valence-electron chi connectivity index (χ4n) is 3.57. The average Bonchev–Trinajstić information content (AvgIpc) is 2.62. The van der Waals surface area contributed by atoms with Crippen molar-refractivity contribution in [3.8, 4) is 11.1 Å². The topological polar surface area (TPSA) is 0 Å². The predicted octanol–water partition coefficient (Wildman–Crippen LogP) is 5.63. The van der Waals surface area contributed by atoms with Crippen molar-refractivity contribution < 1.29 is 0 Å². The molecule has 0 spiro atoms. The molecule has 22 heavy (non-hydrogen) atoms. The van der Waals surface area contributed by atoms with Gasteiger partial charge in [0.05, 0.1) is 0 Å². The van der Waals surface area contributed by atoms with Gasteiger partial charge in [-0.15, -0.1) is 0 Å². The van der Waals surface area contributed by atoms with Crippen LogP contribution in [0.4, 0.5) is 0 Å². The van der Waals surface area contributed by atoms with Crippen molar-refractivity contribution in [2.75, 3.05) is 0 Å². The second kappa shape index (κ2) is 5.81. The van der Waals surface area contributed by atoms with E-state index in [-0.39, 0.29) is 0 Å². The van der Waals surface area contributed by atoms with E-state index in [1.165, 1.54) is 47.1 Å². The van der Waals surface area contributed by atoms with Crippen molar-refractivity contribution in [3.63, 3.8) is 0 Å². The normalized spacial score (nSPS) is 17.0. The first-order valence-electron chi connectivity index (χ1n) is 8.12. The van der Waals surface area contributed by atoms with Crippen molar-refractivity contribution in [3.05, 3.63) is 95.6 Å². The number of fused-ring (bicyclic) bond motifs is 1. The Morgan fingerprint density at radius 1 is 0.636 bits per heavy atom. The maximum Gasteiger partial charge on any atom is -0.0118 e. The van der Waals surface area contributed by atoms with Crippen molar-refractivity contribution in [2.45, 2.75) is 25.2 Å². The fourth-order valence-corrected chi connectivity index (χ4v) is 3.57. The van der Waals surface area contributed by atoms with Crippen molar-refractivity contribution >= 4 is 0 Å². The smallest absolute Gasteiger partial charge is 0.0118 e. The van der Waals surface area contributed by atoms with E-state index in [0.29, 0.717) is 5.92 Å². The lowest BCUT2D eigenvalue weighted by Crippen LogP contribution is -2.12. The first-order chi connectivity index (χ1) is 10.9. The van der Waals surface area contributed by atoms with Gasteiger partial charge < -0.3 is 0 Å². The zero-order valence-corrected chi connectivity index (χ0v) is 12.7. The highest BCUT2D eigenvalue weighted by molar-refractivity contribution is 5.65. The molecule has 0 aromatic heterocycles. The highest BCUT2D eigenvalue weighted by Crippen LogP contribution is 2.34. The Labute approximate surface area is 132 Å². The molecular formula is C22H20. The third-order valence-corrected chi connectivity index (χ3v) is 4.81. The minimum atomic E-state index is 0.677. The summed E-state index contributed by atoms with van der Waals surface area (Å²) in [4.78, 5) is 0. The Balaban J connectivity index is 1.62. The van der Waals surface area contributed by atoms with Gasteiger partial charge in [-0.2, -0.15) is 0 Å². The molecule has 1 atom stereocenters. The molecule has 3 aromatic rings. The second-order valence-corrected chi connectivity index (χ2v) is 6.20. The summed E-state index contributed by atoms with van der Waals surface area (Å²) in [5, 5.41) is 0. The quantitative estimate of drug-likeness (QED) is 0.572. The van der Waals surface area contributed by atoms with Crippen molar-refractivity contribution in [1.82, 2.24) is 0 Å². The summed E-state index contributed by atoms with van der Waals surface area (Å²) < 4.78 is 0. The summed E-state index contributed by atoms with van der Waals surface area (Å²) >= 11 is 0. The van der Waals surface area contributed by atoms with Crippen LogP contribution in [0.3, 0.4) is 0 Å². The van der Waals surface area contributed by atoms with Crippen LogP contribution in [0.2, 0.25) is 0 Å². The number of rotatable bonds is 2. The van der Waals surface area contributed by atoms with Gasteiger partial charge in [-0.3, -0.25) is 0 Å². The molecule has 0 fully saturated rings. The molecule has 0 amide bonds. The van der Waals surface area contributed by atoms with Crippen LogP contribution in [0, 0.1) is 0 Å². The highest BCUT2D eigenvalue weighted by atomic mass is 14.2. The Bertz CT molecular complexity index is 757. The van der Waals surface area contributed by atoms with Crippen LogP contribution in [-0.4, -0.2) is 0 Å². The first-order valence-corrected chi connectivity index (χ1v) is 8.12. The Morgan fingerprint density at radius 2 is 1.36 bits per heavy atom. The Morgan fingerprint density at radius 3 is 2.14 bits per heavy atom. The lowest BCUT2D eigenvalue weighted by molar-refractivity contribution is 0.585. The largest absolute Gasteiger partial charge is 0.0622 e. The molecule has 0 saturated carbocycles. The van der Waals surface area contributed by atoms with Crippen LogP contribution >= 0.6 is 0 Å². The summed E-state index contributed by atoms with van der Waals surface area (Å²) in [7, 11) is 0. The van der Waals surface area contributed by atoms with Gasteiger partial charge in [0.1, 0.15) is 0 Å². The standard InChI is InChI=1S/C22H20/c1-3-7-17(8-4-1)19-11-13-22-16-20(12-14-21(22)15-19)18-9-5-2-6-10-18/h1-11,13,15,20H,12,14,16H2/t20-/m1/s1. The molecule has 1 aliphatic rings. The van der Waals surface area contributed by atoms with E-state index >= 15 is 0 Å². The van der Waals surface area contributed by atoms with E-state index in [0.717, 1.165) is 0 Å². The SMILES string of the molecule is c1ccc(-c2ccc3c(c2)CC[C@@H](c2ccccc2)C3)cc1. The Kier molecular flexibility index (Phi) is 3.52. The summed E-state index contributed by atoms with van der Waals surface area (Å²) in [5.41, 5.74) is 7.21. The molecule has 108 valence electrons. The van der Waals surface area contributed by atoms with Crippen LogP contribution in [0.5, 0.6) is 0 Å². The molecule has 4 rings (SSSR count). The maximum absolute atomic E-state index is 2.39. The van der Waals surface area contributed by atoms with Crippen LogP contribution in [0.25, 0.3) is 11.1 Å². The maximum atomic E-state index is 2.39. The monoisotopic (exact) mass is 284 g/mol. The molecule has 1 aliphatic carbocycles. The zero-order valence-electron chi connectivity index (χ0n) is 12.7. The van der Waals surface area contributed by atoms with Gasteiger partial charge in [-0.25, -0.2) is 0 Å². The van der Waals surface area contributed by atoms with Gasteiger partial charge in [0.2, 0.25) is 0 Å². The molecule has 0 aliphatic heterocycles. The highest BCUT2D eigenvalue weighted by Gasteiger charge is 2.20. The molecule has 0 radical (unpaired) electrons. The molecule has 0 N–H and O–H groups in total. The summed E-state index contributed by atoms with van der Waals surface area (Å²) in [5.74, 6) is 0.677. The Hall–Kier alpha value is -2.34. The van der Waals surface area contributed by atoms with E-state index in [2.05, 4.69) is 78.9 Å². The third-order valence-electron chi connectivity index (χ3n) is 4.81. The number of hydrogen-bond donors (Lipinski definition) is 0. The van der Waals surface area contributed by atoms with Gasteiger partial charge in [-0.1, -0.05) is 78.9 Å². The van der Waals surface area contributed by atoms with Crippen molar-refractivity contribution in [2.24, 2.45) is 0 Å². The lowest BCUT2D eigenvalue weighted by Gasteiger charge is -2.25. The van der Waals surface area contributed by atoms with Crippen LogP contribution < -0.4 is 0 Å². The minimum Gasteiger partial charge on any atom is -0.0622 e. The molecule has 0 unspecified atom stereocenters. The van der Waals surface area contributed by atoms with Crippen LogP contribution in [0.1, 0.15) is 29.0 Å². The van der Waals surface area contributed by atoms with E-state index in [1.54, 1.807) is 0 Å². The molecule has 0 saturated heterocycles. The molecule has 3 aromatic carbocycles. The van der Waals surface area contributed by atoms with E-state index in [1.807, 2.05) is 0 Å². The van der Waals surface area contributed by atoms with Gasteiger partial charge in [0.25, 0.3) is 0 Å². The first kappa shape index (κ1) is 13.3.